The van der Waals surface area contributed by atoms with E-state index in [1.165, 1.54) is 0 Å². The molecule has 0 aliphatic heterocycles. The highest BCUT2D eigenvalue weighted by Crippen LogP contribution is 2.39. The molecular weight excluding hydrogens is 518 g/mol. The van der Waals surface area contributed by atoms with Gasteiger partial charge >= 0.3 is 6.09 Å². The number of ether oxygens (including phenoxy) is 1. The van der Waals surface area contributed by atoms with Crippen LogP contribution in [0.25, 0.3) is 0 Å². The third kappa shape index (κ3) is 14.7. The lowest BCUT2D eigenvalue weighted by Gasteiger charge is -2.43. The minimum absolute atomic E-state index is 0.0815. The normalized spacial score (nSPS) is 13.6. The molecule has 0 rings (SSSR count). The molecule has 1 atom stereocenters. The maximum Gasteiger partial charge on any atom is 0.407 e. The van der Waals surface area contributed by atoms with Gasteiger partial charge in [0.1, 0.15) is 11.7 Å². The van der Waals surface area contributed by atoms with E-state index in [1.54, 1.807) is 35.4 Å². The number of carbonyl (C=O) groups excluding carboxylic acids is 3. The number of aliphatic hydroxyl groups excluding tert-OH is 1. The Balaban J connectivity index is 4.27. The van der Waals surface area contributed by atoms with Gasteiger partial charge in [-0.1, -0.05) is 56.2 Å². The summed E-state index contributed by atoms with van der Waals surface area (Å²) in [5.41, 5.74) is -1.26. The van der Waals surface area contributed by atoms with E-state index in [1.807, 2.05) is 20.8 Å². The van der Waals surface area contributed by atoms with Crippen LogP contribution >= 0.6 is 21.6 Å². The smallest absolute Gasteiger partial charge is 0.407 e. The molecule has 3 amide bonds. The second-order valence-electron chi connectivity index (χ2n) is 11.9. The standard InChI is InChI=1S/C24H49N3O6S2Si/c1-22(2,3)32-21(31)27-14-16-35-34-15-13-25-18(29)11-12-26-20(30)19(24(7,8)17-28)33-36(9,10)23(4,5)6/h19,28H,11-17H2,1-10H3,(H,25,29)(H,26,30)(H,27,31)/t19-/m0/s1. The van der Waals surface area contributed by atoms with Gasteiger partial charge in [-0.15, -0.1) is 0 Å². The van der Waals surface area contributed by atoms with Gasteiger partial charge < -0.3 is 30.2 Å². The summed E-state index contributed by atoms with van der Waals surface area (Å²) in [6, 6.07) is 0. The van der Waals surface area contributed by atoms with Gasteiger partial charge in [0.25, 0.3) is 0 Å². The van der Waals surface area contributed by atoms with Crippen LogP contribution in [-0.4, -0.2) is 80.8 Å². The molecule has 4 N–H and O–H groups in total. The van der Waals surface area contributed by atoms with Gasteiger partial charge in [-0.3, -0.25) is 9.59 Å². The second-order valence-corrected chi connectivity index (χ2v) is 19.3. The van der Waals surface area contributed by atoms with Crippen LogP contribution in [0.1, 0.15) is 61.8 Å². The van der Waals surface area contributed by atoms with Crippen LogP contribution in [0, 0.1) is 5.41 Å². The van der Waals surface area contributed by atoms with Crippen molar-refractivity contribution in [3.63, 3.8) is 0 Å². The number of carbonyl (C=O) groups is 3. The fourth-order valence-electron chi connectivity index (χ4n) is 2.46. The SMILES string of the molecule is CC(C)(C)OC(=O)NCCSSCCNC(=O)CCNC(=O)[C@H](O[Si](C)(C)C(C)(C)C)C(C)(C)CO. The van der Waals surface area contributed by atoms with Crippen molar-refractivity contribution in [1.29, 1.82) is 0 Å². The first kappa shape index (κ1) is 35.0. The fraction of sp³-hybridized carbons (Fsp3) is 0.875. The van der Waals surface area contributed by atoms with Gasteiger partial charge in [0, 0.05) is 43.0 Å². The largest absolute Gasteiger partial charge is 0.444 e. The molecule has 0 aliphatic rings. The Labute approximate surface area is 226 Å². The van der Waals surface area contributed by atoms with E-state index < -0.39 is 31.5 Å². The van der Waals surface area contributed by atoms with Crippen LogP contribution in [0.3, 0.4) is 0 Å². The Morgan fingerprint density at radius 1 is 0.861 bits per heavy atom. The molecule has 36 heavy (non-hydrogen) atoms. The molecule has 0 aliphatic carbocycles. The molecule has 0 aromatic heterocycles. The number of rotatable bonds is 15. The predicted molar refractivity (Wildman–Crippen MR) is 153 cm³/mol. The number of hydrogen-bond acceptors (Lipinski definition) is 8. The zero-order chi connectivity index (χ0) is 28.2. The maximum absolute atomic E-state index is 12.9. The Hall–Kier alpha value is -0.953. The van der Waals surface area contributed by atoms with Crippen molar-refractivity contribution in [3.05, 3.63) is 0 Å². The highest BCUT2D eigenvalue weighted by atomic mass is 33.1. The first-order valence-electron chi connectivity index (χ1n) is 12.4. The molecule has 0 fully saturated rings. The van der Waals surface area contributed by atoms with E-state index in [-0.39, 0.29) is 36.4 Å². The van der Waals surface area contributed by atoms with Crippen LogP contribution in [0.2, 0.25) is 18.1 Å². The molecule has 0 aromatic carbocycles. The van der Waals surface area contributed by atoms with Crippen molar-refractivity contribution in [1.82, 2.24) is 16.0 Å². The Bertz CT molecular complexity index is 709. The summed E-state index contributed by atoms with van der Waals surface area (Å²) < 4.78 is 11.5. The van der Waals surface area contributed by atoms with Gasteiger partial charge in [-0.25, -0.2) is 4.79 Å². The quantitative estimate of drug-likeness (QED) is 0.133. The minimum atomic E-state index is -2.25. The van der Waals surface area contributed by atoms with Crippen molar-refractivity contribution in [2.75, 3.05) is 37.7 Å². The number of aliphatic hydroxyl groups is 1. The molecule has 0 bridgehead atoms. The number of hydrogen-bond donors (Lipinski definition) is 4. The summed E-state index contributed by atoms with van der Waals surface area (Å²) in [5, 5.41) is 18.1. The molecule has 9 nitrogen and oxygen atoms in total. The van der Waals surface area contributed by atoms with Crippen LogP contribution in [-0.2, 0) is 18.8 Å². The lowest BCUT2D eigenvalue weighted by Crippen LogP contribution is -2.55. The highest BCUT2D eigenvalue weighted by Gasteiger charge is 2.45. The van der Waals surface area contributed by atoms with E-state index in [0.717, 1.165) is 11.5 Å². The zero-order valence-corrected chi connectivity index (χ0v) is 26.5. The molecule has 0 heterocycles. The highest BCUT2D eigenvalue weighted by molar-refractivity contribution is 8.76. The van der Waals surface area contributed by atoms with Gasteiger partial charge in [0.2, 0.25) is 11.8 Å². The lowest BCUT2D eigenvalue weighted by atomic mass is 9.87. The van der Waals surface area contributed by atoms with Crippen molar-refractivity contribution < 1.29 is 28.7 Å². The Kier molecular flexibility index (Phi) is 15.0. The summed E-state index contributed by atoms with van der Waals surface area (Å²) in [6.07, 6.45) is -1.06. The number of nitrogens with one attached hydrogen (secondary N) is 3. The number of amides is 3. The Morgan fingerprint density at radius 3 is 1.86 bits per heavy atom. The van der Waals surface area contributed by atoms with Crippen molar-refractivity contribution in [3.8, 4) is 0 Å². The fourth-order valence-corrected chi connectivity index (χ4v) is 5.64. The third-order valence-electron chi connectivity index (χ3n) is 5.67. The molecule has 0 saturated carbocycles. The van der Waals surface area contributed by atoms with Crippen molar-refractivity contribution in [2.45, 2.75) is 91.6 Å². The summed E-state index contributed by atoms with van der Waals surface area (Å²) >= 11 is 0. The molecule has 0 saturated heterocycles. The summed E-state index contributed by atoms with van der Waals surface area (Å²) in [5.74, 6) is 1.00. The summed E-state index contributed by atoms with van der Waals surface area (Å²) in [4.78, 5) is 36.6. The molecule has 0 aromatic rings. The molecule has 12 heteroatoms. The summed E-state index contributed by atoms with van der Waals surface area (Å²) in [6.45, 7) is 20.5. The van der Waals surface area contributed by atoms with Crippen molar-refractivity contribution in [2.24, 2.45) is 5.41 Å². The first-order valence-corrected chi connectivity index (χ1v) is 17.8. The van der Waals surface area contributed by atoms with Crippen molar-refractivity contribution >= 4 is 47.8 Å². The minimum Gasteiger partial charge on any atom is -0.444 e. The van der Waals surface area contributed by atoms with Crippen LogP contribution in [0.4, 0.5) is 4.79 Å². The second kappa shape index (κ2) is 15.5. The predicted octanol–water partition coefficient (Wildman–Crippen LogP) is 3.92. The van der Waals surface area contributed by atoms with E-state index in [2.05, 4.69) is 49.8 Å². The van der Waals surface area contributed by atoms with E-state index in [0.29, 0.717) is 13.1 Å². The topological polar surface area (TPSA) is 126 Å². The Morgan fingerprint density at radius 2 is 1.39 bits per heavy atom. The van der Waals surface area contributed by atoms with Gasteiger partial charge in [0.05, 0.1) is 6.61 Å². The summed E-state index contributed by atoms with van der Waals surface area (Å²) in [7, 11) is 0.966. The molecule has 0 radical (unpaired) electrons. The third-order valence-corrected chi connectivity index (χ3v) is 12.5. The van der Waals surface area contributed by atoms with Gasteiger partial charge in [-0.05, 0) is 38.9 Å². The molecular formula is C24H49N3O6S2Si. The monoisotopic (exact) mass is 567 g/mol. The van der Waals surface area contributed by atoms with Crippen LogP contribution < -0.4 is 16.0 Å². The average molecular weight is 568 g/mol. The van der Waals surface area contributed by atoms with Crippen LogP contribution in [0.15, 0.2) is 0 Å². The average Bonchev–Trinajstić information content (AvgIpc) is 2.71. The van der Waals surface area contributed by atoms with Crippen LogP contribution in [0.5, 0.6) is 0 Å². The van der Waals surface area contributed by atoms with E-state index in [9.17, 15) is 19.5 Å². The first-order chi connectivity index (χ1) is 16.3. The van der Waals surface area contributed by atoms with Gasteiger partial charge in [-0.2, -0.15) is 0 Å². The van der Waals surface area contributed by atoms with E-state index >= 15 is 0 Å². The molecule has 0 spiro atoms. The van der Waals surface area contributed by atoms with E-state index in [4.69, 9.17) is 9.16 Å². The lowest BCUT2D eigenvalue weighted by molar-refractivity contribution is -0.135. The number of alkyl carbamates (subject to hydrolysis) is 1. The molecule has 0 unspecified atom stereocenters. The molecule has 212 valence electrons. The maximum atomic E-state index is 12.9. The zero-order valence-electron chi connectivity index (χ0n) is 23.8. The van der Waals surface area contributed by atoms with Gasteiger partial charge in [0.15, 0.2) is 8.32 Å².